The molecule has 0 saturated carbocycles. The molecule has 2 rings (SSSR count). The van der Waals surface area contributed by atoms with Crippen LogP contribution in [-0.4, -0.2) is 59.9 Å². The fraction of sp³-hybridized carbons (Fsp3) is 0.417. The van der Waals surface area contributed by atoms with Gasteiger partial charge in [0.1, 0.15) is 17.9 Å². The molecule has 33 heavy (non-hydrogen) atoms. The van der Waals surface area contributed by atoms with E-state index in [0.717, 1.165) is 11.1 Å². The monoisotopic (exact) mass is 476 g/mol. The van der Waals surface area contributed by atoms with E-state index in [4.69, 9.17) is 9.47 Å². The van der Waals surface area contributed by atoms with Crippen LogP contribution in [-0.2, 0) is 31.9 Å². The van der Waals surface area contributed by atoms with Crippen molar-refractivity contribution in [1.29, 1.82) is 0 Å². The average molecular weight is 477 g/mol. The topological polar surface area (TPSA) is 117 Å². The van der Waals surface area contributed by atoms with Crippen LogP contribution in [0.2, 0.25) is 0 Å². The SMILES string of the molecule is CCOC(=O)C(Cc1ccccc1)NP(NC(Cc1ccccc1)C(=O)OCC)C(O)CO. The molecule has 0 aromatic heterocycles. The number of rotatable bonds is 14. The van der Waals surface area contributed by atoms with Gasteiger partial charge in [-0.3, -0.25) is 19.8 Å². The van der Waals surface area contributed by atoms with Crippen LogP contribution in [0.25, 0.3) is 0 Å². The maximum atomic E-state index is 12.7. The third-order valence-corrected chi connectivity index (χ3v) is 6.70. The van der Waals surface area contributed by atoms with E-state index in [1.807, 2.05) is 60.7 Å². The molecule has 9 heteroatoms. The highest BCUT2D eigenvalue weighted by molar-refractivity contribution is 7.54. The van der Waals surface area contributed by atoms with Crippen LogP contribution in [0.3, 0.4) is 0 Å². The molecule has 180 valence electrons. The summed E-state index contributed by atoms with van der Waals surface area (Å²) in [6.07, 6.45) is 0.641. The summed E-state index contributed by atoms with van der Waals surface area (Å²) in [7, 11) is -1.78. The Morgan fingerprint density at radius 3 is 1.55 bits per heavy atom. The zero-order valence-corrected chi connectivity index (χ0v) is 19.9. The quantitative estimate of drug-likeness (QED) is 0.242. The Hall–Kier alpha value is -2.35. The lowest BCUT2D eigenvalue weighted by molar-refractivity contribution is -0.145. The van der Waals surface area contributed by atoms with Crippen molar-refractivity contribution in [2.24, 2.45) is 0 Å². The molecule has 8 nitrogen and oxygen atoms in total. The lowest BCUT2D eigenvalue weighted by Crippen LogP contribution is -2.46. The molecule has 0 aliphatic heterocycles. The summed E-state index contributed by atoms with van der Waals surface area (Å²) >= 11 is 0. The second kappa shape index (κ2) is 14.7. The van der Waals surface area contributed by atoms with Crippen molar-refractivity contribution in [2.45, 2.75) is 44.6 Å². The Kier molecular flexibility index (Phi) is 12.0. The molecule has 3 unspecified atom stereocenters. The van der Waals surface area contributed by atoms with Crippen LogP contribution < -0.4 is 10.2 Å². The van der Waals surface area contributed by atoms with E-state index in [0.29, 0.717) is 12.8 Å². The minimum absolute atomic E-state index is 0.208. The van der Waals surface area contributed by atoms with Gasteiger partial charge in [-0.1, -0.05) is 60.7 Å². The van der Waals surface area contributed by atoms with Gasteiger partial charge in [0, 0.05) is 0 Å². The van der Waals surface area contributed by atoms with Gasteiger partial charge >= 0.3 is 11.9 Å². The Bertz CT molecular complexity index is 774. The van der Waals surface area contributed by atoms with E-state index < -0.39 is 44.7 Å². The van der Waals surface area contributed by atoms with Crippen molar-refractivity contribution in [2.75, 3.05) is 19.8 Å². The Morgan fingerprint density at radius 2 is 1.21 bits per heavy atom. The van der Waals surface area contributed by atoms with Crippen molar-refractivity contribution < 1.29 is 29.3 Å². The molecule has 0 aliphatic rings. The Balaban J connectivity index is 2.25. The Morgan fingerprint density at radius 1 is 0.818 bits per heavy atom. The van der Waals surface area contributed by atoms with Crippen molar-refractivity contribution in [3.63, 3.8) is 0 Å². The molecular formula is C24H33N2O6P. The highest BCUT2D eigenvalue weighted by Gasteiger charge is 2.32. The van der Waals surface area contributed by atoms with E-state index >= 15 is 0 Å². The second-order valence-corrected chi connectivity index (χ2v) is 9.13. The van der Waals surface area contributed by atoms with Crippen LogP contribution in [0.15, 0.2) is 60.7 Å². The predicted molar refractivity (Wildman–Crippen MR) is 127 cm³/mol. The molecule has 0 heterocycles. The third-order valence-electron chi connectivity index (χ3n) is 4.76. The summed E-state index contributed by atoms with van der Waals surface area (Å²) in [6.45, 7) is 3.31. The van der Waals surface area contributed by atoms with Crippen molar-refractivity contribution in [1.82, 2.24) is 10.2 Å². The highest BCUT2D eigenvalue weighted by atomic mass is 31.1. The van der Waals surface area contributed by atoms with E-state index in [1.165, 1.54) is 0 Å². The first-order valence-electron chi connectivity index (χ1n) is 11.0. The van der Waals surface area contributed by atoms with Crippen LogP contribution in [0, 0.1) is 0 Å². The van der Waals surface area contributed by atoms with Gasteiger partial charge in [-0.05, 0) is 37.8 Å². The zero-order chi connectivity index (χ0) is 24.1. The van der Waals surface area contributed by atoms with Crippen LogP contribution in [0.1, 0.15) is 25.0 Å². The summed E-state index contributed by atoms with van der Waals surface area (Å²) < 4.78 is 10.4. The van der Waals surface area contributed by atoms with Crippen LogP contribution in [0.4, 0.5) is 0 Å². The molecule has 2 aromatic rings. The largest absolute Gasteiger partial charge is 0.465 e. The first-order valence-corrected chi connectivity index (χ1v) is 12.4. The van der Waals surface area contributed by atoms with E-state index in [9.17, 15) is 19.8 Å². The van der Waals surface area contributed by atoms with Crippen molar-refractivity contribution >= 4 is 20.2 Å². The molecule has 0 radical (unpaired) electrons. The van der Waals surface area contributed by atoms with Crippen molar-refractivity contribution in [3.8, 4) is 0 Å². The van der Waals surface area contributed by atoms with Gasteiger partial charge in [0.05, 0.1) is 28.0 Å². The molecular weight excluding hydrogens is 443 g/mol. The number of hydrogen-bond donors (Lipinski definition) is 4. The standard InChI is InChI=1S/C24H33N2O6P/c1-3-31-23(29)20(15-18-11-7-5-8-12-18)25-33(22(28)17-27)26-21(24(30)32-4-2)16-19-13-9-6-10-14-19/h5-14,20-22,25-28H,3-4,15-17H2,1-2H3. The van der Waals surface area contributed by atoms with Crippen LogP contribution >= 0.6 is 8.22 Å². The number of carbonyl (C=O) groups is 2. The lowest BCUT2D eigenvalue weighted by atomic mass is 10.1. The number of aliphatic hydroxyl groups is 2. The van der Waals surface area contributed by atoms with Crippen LogP contribution in [0.5, 0.6) is 0 Å². The maximum absolute atomic E-state index is 12.7. The highest BCUT2D eigenvalue weighted by Crippen LogP contribution is 2.33. The fourth-order valence-corrected chi connectivity index (χ4v) is 4.82. The number of benzene rings is 2. The average Bonchev–Trinajstić information content (AvgIpc) is 2.83. The Labute approximate surface area is 196 Å². The van der Waals surface area contributed by atoms with Gasteiger partial charge in [-0.2, -0.15) is 0 Å². The molecule has 2 aromatic carbocycles. The summed E-state index contributed by atoms with van der Waals surface area (Å²) in [5.41, 5.74) is 1.81. The van der Waals surface area contributed by atoms with Gasteiger partial charge in [0.2, 0.25) is 0 Å². The maximum Gasteiger partial charge on any atom is 0.323 e. The number of aliphatic hydroxyl groups excluding tert-OH is 2. The third kappa shape index (κ3) is 9.20. The first-order chi connectivity index (χ1) is 16.0. The van der Waals surface area contributed by atoms with Gasteiger partial charge in [-0.15, -0.1) is 0 Å². The summed E-state index contributed by atoms with van der Waals surface area (Å²) in [5.74, 6) is -2.17. The van der Waals surface area contributed by atoms with Gasteiger partial charge in [0.15, 0.2) is 0 Å². The number of hydrogen-bond acceptors (Lipinski definition) is 8. The molecule has 0 aliphatic carbocycles. The predicted octanol–water partition coefficient (Wildman–Crippen LogP) is 2.14. The number of carbonyl (C=O) groups excluding carboxylic acids is 2. The molecule has 0 spiro atoms. The van der Waals surface area contributed by atoms with Gasteiger partial charge < -0.3 is 19.7 Å². The second-order valence-electron chi connectivity index (χ2n) is 7.28. The summed E-state index contributed by atoms with van der Waals surface area (Å²) in [4.78, 5) is 25.3. The van der Waals surface area contributed by atoms with Gasteiger partial charge in [-0.25, -0.2) is 0 Å². The molecule has 4 N–H and O–H groups in total. The number of nitrogens with one attached hydrogen (secondary N) is 2. The molecule has 0 bridgehead atoms. The minimum Gasteiger partial charge on any atom is -0.465 e. The van der Waals surface area contributed by atoms with E-state index in [1.54, 1.807) is 13.8 Å². The van der Waals surface area contributed by atoms with Gasteiger partial charge in [0.25, 0.3) is 0 Å². The molecule has 0 amide bonds. The minimum atomic E-state index is -1.78. The summed E-state index contributed by atoms with van der Waals surface area (Å²) in [6, 6.07) is 17.3. The van der Waals surface area contributed by atoms with E-state index in [-0.39, 0.29) is 13.2 Å². The normalized spacial score (nSPS) is 14.7. The van der Waals surface area contributed by atoms with Crippen molar-refractivity contribution in [3.05, 3.63) is 71.8 Å². The molecule has 0 fully saturated rings. The zero-order valence-electron chi connectivity index (χ0n) is 19.0. The first kappa shape index (κ1) is 26.9. The number of ether oxygens (including phenoxy) is 2. The smallest absolute Gasteiger partial charge is 0.323 e. The number of esters is 2. The molecule has 0 saturated heterocycles. The molecule has 3 atom stereocenters. The van der Waals surface area contributed by atoms with E-state index in [2.05, 4.69) is 10.2 Å². The lowest BCUT2D eigenvalue weighted by Gasteiger charge is -2.31. The summed E-state index contributed by atoms with van der Waals surface area (Å²) in [5, 5.41) is 26.4. The fourth-order valence-electron chi connectivity index (χ4n) is 3.18.